The molecule has 5 rings (SSSR count). The number of hydrogen-bond donors (Lipinski definition) is 5. The van der Waals surface area contributed by atoms with Gasteiger partial charge < -0.3 is 31.1 Å². The molecule has 1 fully saturated rings. The number of aromatic nitrogens is 4. The van der Waals surface area contributed by atoms with Crippen LogP contribution in [-0.4, -0.2) is 79.2 Å². The van der Waals surface area contributed by atoms with E-state index in [4.69, 9.17) is 5.11 Å². The molecule has 1 unspecified atom stereocenters. The number of rotatable bonds is 10. The van der Waals surface area contributed by atoms with E-state index in [-0.39, 0.29) is 11.6 Å². The van der Waals surface area contributed by atoms with Gasteiger partial charge in [0, 0.05) is 25.3 Å². The van der Waals surface area contributed by atoms with E-state index in [0.717, 1.165) is 19.4 Å². The van der Waals surface area contributed by atoms with E-state index >= 15 is 0 Å². The summed E-state index contributed by atoms with van der Waals surface area (Å²) in [7, 11) is 0. The van der Waals surface area contributed by atoms with Crippen LogP contribution in [0.4, 0.5) is 26.4 Å². The van der Waals surface area contributed by atoms with Crippen LogP contribution < -0.4 is 20.9 Å². The standard InChI is InChI=1S/C30H32FN9O4/c1-30(2,44)26(31)17-35-28(41)22-16-33-24(25-7-6-20-10-18(12-32)13-37-40(20)25)11-23(22)38-19-5-8-27(34-14-19)39-9-3-4-21(39)15-36-29(42)43/h5-8,10-11,13-14,16,21,26,36,44H,3-4,9,15,17H2,1-2H3,(H,33,38)(H,35,41)(H,42,43)/t21-,26?/m0/s1. The second kappa shape index (κ2) is 12.5. The molecule has 0 saturated carbocycles. The van der Waals surface area contributed by atoms with Gasteiger partial charge in [-0.2, -0.15) is 10.4 Å². The SMILES string of the molecule is CC(C)(O)C(F)CNC(=O)c1cnc(-c2ccc3cc(C#N)cnn23)cc1Nc1ccc(N2CCC[C@H]2CNC(=O)O)nc1. The minimum atomic E-state index is -1.69. The van der Waals surface area contributed by atoms with Gasteiger partial charge >= 0.3 is 6.09 Å². The summed E-state index contributed by atoms with van der Waals surface area (Å²) in [5.41, 5.74) is 1.65. The summed E-state index contributed by atoms with van der Waals surface area (Å²) in [6, 6.07) is 12.6. The highest BCUT2D eigenvalue weighted by atomic mass is 19.1. The van der Waals surface area contributed by atoms with Crippen LogP contribution >= 0.6 is 0 Å². The lowest BCUT2D eigenvalue weighted by molar-refractivity contribution is -0.00177. The summed E-state index contributed by atoms with van der Waals surface area (Å²) in [6.45, 7) is 3.29. The Morgan fingerprint density at radius 3 is 2.68 bits per heavy atom. The van der Waals surface area contributed by atoms with Gasteiger partial charge in [0.2, 0.25) is 0 Å². The summed E-state index contributed by atoms with van der Waals surface area (Å²) < 4.78 is 16.0. The summed E-state index contributed by atoms with van der Waals surface area (Å²) in [5.74, 6) is 0.104. The van der Waals surface area contributed by atoms with E-state index in [0.29, 0.717) is 46.2 Å². The number of alkyl halides is 1. The minimum absolute atomic E-state index is 0.00610. The van der Waals surface area contributed by atoms with E-state index in [1.807, 2.05) is 6.07 Å². The lowest BCUT2D eigenvalue weighted by Crippen LogP contribution is -2.42. The van der Waals surface area contributed by atoms with Crippen molar-refractivity contribution in [3.05, 3.63) is 66.1 Å². The number of carbonyl (C=O) groups excluding carboxylic acids is 1. The zero-order valence-electron chi connectivity index (χ0n) is 24.2. The highest BCUT2D eigenvalue weighted by Gasteiger charge is 2.28. The molecular weight excluding hydrogens is 569 g/mol. The third-order valence-electron chi connectivity index (χ3n) is 7.44. The lowest BCUT2D eigenvalue weighted by Gasteiger charge is -2.25. The van der Waals surface area contributed by atoms with Crippen LogP contribution in [0.5, 0.6) is 0 Å². The largest absolute Gasteiger partial charge is 0.465 e. The van der Waals surface area contributed by atoms with E-state index in [1.54, 1.807) is 41.0 Å². The molecule has 5 N–H and O–H groups in total. The average Bonchev–Trinajstić information content (AvgIpc) is 3.65. The molecule has 0 bridgehead atoms. The van der Waals surface area contributed by atoms with Crippen LogP contribution in [0.3, 0.4) is 0 Å². The number of carbonyl (C=O) groups is 2. The van der Waals surface area contributed by atoms with E-state index in [2.05, 4.69) is 42.0 Å². The molecule has 4 aromatic heterocycles. The Morgan fingerprint density at radius 2 is 1.98 bits per heavy atom. The first-order chi connectivity index (χ1) is 21.0. The van der Waals surface area contributed by atoms with Crippen molar-refractivity contribution in [1.29, 1.82) is 5.26 Å². The number of anilines is 3. The number of aliphatic hydroxyl groups is 1. The molecule has 0 radical (unpaired) electrons. The molecule has 228 valence electrons. The number of fused-ring (bicyclic) bond motifs is 1. The van der Waals surface area contributed by atoms with Crippen LogP contribution in [0.1, 0.15) is 42.6 Å². The van der Waals surface area contributed by atoms with Crippen molar-refractivity contribution in [3.63, 3.8) is 0 Å². The average molecular weight is 602 g/mol. The zero-order chi connectivity index (χ0) is 31.4. The summed E-state index contributed by atoms with van der Waals surface area (Å²) in [6.07, 6.45) is 3.43. The Balaban J connectivity index is 1.43. The predicted octanol–water partition coefficient (Wildman–Crippen LogP) is 3.48. The molecule has 13 nitrogen and oxygen atoms in total. The van der Waals surface area contributed by atoms with Crippen LogP contribution in [0.15, 0.2) is 55.0 Å². The summed E-state index contributed by atoms with van der Waals surface area (Å²) >= 11 is 0. The molecule has 1 saturated heterocycles. The van der Waals surface area contributed by atoms with E-state index in [1.165, 1.54) is 26.2 Å². The molecule has 1 aliphatic rings. The van der Waals surface area contributed by atoms with Crippen molar-refractivity contribution in [3.8, 4) is 17.5 Å². The molecule has 44 heavy (non-hydrogen) atoms. The maximum atomic E-state index is 14.4. The smallest absolute Gasteiger partial charge is 0.404 e. The quantitative estimate of drug-likeness (QED) is 0.181. The predicted molar refractivity (Wildman–Crippen MR) is 161 cm³/mol. The highest BCUT2D eigenvalue weighted by molar-refractivity contribution is 6.00. The van der Waals surface area contributed by atoms with Crippen molar-refractivity contribution in [2.24, 2.45) is 0 Å². The maximum absolute atomic E-state index is 14.4. The fourth-order valence-electron chi connectivity index (χ4n) is 5.00. The van der Waals surface area contributed by atoms with Crippen LogP contribution in [0.2, 0.25) is 0 Å². The molecule has 14 heteroatoms. The summed E-state index contributed by atoms with van der Waals surface area (Å²) in [5, 5.41) is 40.7. The lowest BCUT2D eigenvalue weighted by atomic mass is 10.0. The van der Waals surface area contributed by atoms with Gasteiger partial charge in [-0.25, -0.2) is 18.7 Å². The molecule has 0 aliphatic carbocycles. The number of nitriles is 1. The fourth-order valence-corrected chi connectivity index (χ4v) is 5.00. The minimum Gasteiger partial charge on any atom is -0.465 e. The van der Waals surface area contributed by atoms with Gasteiger partial charge in [-0.15, -0.1) is 0 Å². The van der Waals surface area contributed by atoms with Gasteiger partial charge in [-0.3, -0.25) is 9.78 Å². The van der Waals surface area contributed by atoms with E-state index in [9.17, 15) is 24.3 Å². The van der Waals surface area contributed by atoms with Crippen molar-refractivity contribution in [2.75, 3.05) is 29.9 Å². The number of halogens is 1. The third-order valence-corrected chi connectivity index (χ3v) is 7.44. The molecule has 2 atom stereocenters. The maximum Gasteiger partial charge on any atom is 0.404 e. The topological polar surface area (TPSA) is 181 Å². The van der Waals surface area contributed by atoms with Gasteiger partial charge in [-0.05, 0) is 63.1 Å². The van der Waals surface area contributed by atoms with E-state index < -0.39 is 30.3 Å². The Bertz CT molecular complexity index is 1710. The molecule has 2 amide bonds. The first kappa shape index (κ1) is 30.2. The van der Waals surface area contributed by atoms with Crippen molar-refractivity contribution >= 4 is 34.7 Å². The number of pyridine rings is 2. The van der Waals surface area contributed by atoms with Crippen molar-refractivity contribution < 1.29 is 24.2 Å². The molecular formula is C30H32FN9O4. The van der Waals surface area contributed by atoms with Gasteiger partial charge in [0.05, 0.1) is 63.9 Å². The van der Waals surface area contributed by atoms with Crippen LogP contribution in [-0.2, 0) is 0 Å². The first-order valence-electron chi connectivity index (χ1n) is 14.0. The van der Waals surface area contributed by atoms with Gasteiger partial charge in [0.15, 0.2) is 0 Å². The summed E-state index contributed by atoms with van der Waals surface area (Å²) in [4.78, 5) is 35.3. The number of nitrogens with zero attached hydrogens (tertiary/aromatic N) is 6. The fraction of sp³-hybridized carbons (Fsp3) is 0.333. The Kier molecular flexibility index (Phi) is 8.59. The number of hydrogen-bond acceptors (Lipinski definition) is 9. The van der Waals surface area contributed by atoms with Gasteiger partial charge in [-0.1, -0.05) is 0 Å². The molecule has 4 aromatic rings. The number of carboxylic acid groups (broad SMARTS) is 1. The van der Waals surface area contributed by atoms with Crippen molar-refractivity contribution in [1.82, 2.24) is 30.2 Å². The van der Waals surface area contributed by atoms with Gasteiger partial charge in [0.25, 0.3) is 5.91 Å². The Hall–Kier alpha value is -5.29. The molecule has 5 heterocycles. The second-order valence-corrected chi connectivity index (χ2v) is 11.1. The Morgan fingerprint density at radius 1 is 1.16 bits per heavy atom. The van der Waals surface area contributed by atoms with Crippen molar-refractivity contribution in [2.45, 2.75) is 44.5 Å². The van der Waals surface area contributed by atoms with Crippen LogP contribution in [0.25, 0.3) is 16.9 Å². The molecule has 1 aliphatic heterocycles. The zero-order valence-corrected chi connectivity index (χ0v) is 24.2. The molecule has 0 spiro atoms. The number of nitrogens with one attached hydrogen (secondary N) is 3. The third kappa shape index (κ3) is 6.68. The Labute approximate surface area is 252 Å². The molecule has 0 aromatic carbocycles. The first-order valence-corrected chi connectivity index (χ1v) is 14.0. The second-order valence-electron chi connectivity index (χ2n) is 11.1. The number of amides is 2. The van der Waals surface area contributed by atoms with Gasteiger partial charge in [0.1, 0.15) is 18.1 Å². The highest BCUT2D eigenvalue weighted by Crippen LogP contribution is 2.29. The normalized spacial score (nSPS) is 15.5. The monoisotopic (exact) mass is 601 g/mol. The van der Waals surface area contributed by atoms with Crippen LogP contribution in [0, 0.1) is 11.3 Å².